The molecular weight excluding hydrogens is 289 g/mol. The summed E-state index contributed by atoms with van der Waals surface area (Å²) in [6.45, 7) is 2.87. The molecule has 8 heteroatoms. The van der Waals surface area contributed by atoms with Crippen molar-refractivity contribution in [3.63, 3.8) is 0 Å². The minimum Gasteiger partial charge on any atom is -0.467 e. The molecule has 116 valence electrons. The maximum atomic E-state index is 12.4. The molecule has 21 heavy (non-hydrogen) atoms. The number of anilines is 1. The molecule has 0 unspecified atom stereocenters. The van der Waals surface area contributed by atoms with E-state index >= 15 is 0 Å². The molecule has 2 amide bonds. The van der Waals surface area contributed by atoms with Crippen molar-refractivity contribution < 1.29 is 27.5 Å². The fourth-order valence-corrected chi connectivity index (χ4v) is 1.49. The van der Waals surface area contributed by atoms with Crippen LogP contribution in [0.5, 0.6) is 0 Å². The van der Waals surface area contributed by atoms with Gasteiger partial charge >= 0.3 is 18.2 Å². The summed E-state index contributed by atoms with van der Waals surface area (Å²) in [7, 11) is 1.18. The molecule has 0 atom stereocenters. The molecule has 0 saturated carbocycles. The van der Waals surface area contributed by atoms with Gasteiger partial charge in [-0.3, -0.25) is 0 Å². The second-order valence-electron chi connectivity index (χ2n) is 4.77. The molecule has 0 spiro atoms. The van der Waals surface area contributed by atoms with E-state index in [0.29, 0.717) is 0 Å². The Balaban J connectivity index is 2.70. The molecule has 1 aromatic carbocycles. The summed E-state index contributed by atoms with van der Waals surface area (Å²) in [5, 5.41) is 4.68. The number of halogens is 3. The van der Waals surface area contributed by atoms with E-state index in [2.05, 4.69) is 15.4 Å². The van der Waals surface area contributed by atoms with Crippen molar-refractivity contribution in [3.05, 3.63) is 29.8 Å². The predicted octanol–water partition coefficient (Wildman–Crippen LogP) is 2.78. The number of alkyl halides is 3. The summed E-state index contributed by atoms with van der Waals surface area (Å²) in [6, 6.07) is 3.20. The van der Waals surface area contributed by atoms with Crippen LogP contribution in [-0.4, -0.2) is 24.6 Å². The summed E-state index contributed by atoms with van der Waals surface area (Å²) in [5.41, 5.74) is -1.91. The van der Waals surface area contributed by atoms with Gasteiger partial charge in [-0.2, -0.15) is 13.2 Å². The molecule has 2 N–H and O–H groups in total. The van der Waals surface area contributed by atoms with Gasteiger partial charge < -0.3 is 15.4 Å². The normalized spacial score (nSPS) is 11.7. The number of ether oxygens (including phenoxy) is 1. The van der Waals surface area contributed by atoms with Crippen LogP contribution in [0, 0.1) is 0 Å². The predicted molar refractivity (Wildman–Crippen MR) is 69.7 cm³/mol. The first-order valence-corrected chi connectivity index (χ1v) is 5.91. The molecule has 5 nitrogen and oxygen atoms in total. The van der Waals surface area contributed by atoms with Crippen molar-refractivity contribution >= 4 is 17.7 Å². The van der Waals surface area contributed by atoms with E-state index in [-0.39, 0.29) is 5.69 Å². The highest BCUT2D eigenvalue weighted by Gasteiger charge is 2.31. The number of hydrogen-bond donors (Lipinski definition) is 2. The summed E-state index contributed by atoms with van der Waals surface area (Å²) < 4.78 is 41.7. The molecule has 0 aliphatic rings. The third-order valence-corrected chi connectivity index (χ3v) is 2.59. The molecule has 1 rings (SSSR count). The van der Waals surface area contributed by atoms with Gasteiger partial charge in [-0.1, -0.05) is 0 Å². The van der Waals surface area contributed by atoms with Crippen molar-refractivity contribution in [1.82, 2.24) is 5.32 Å². The number of hydrogen-bond acceptors (Lipinski definition) is 3. The topological polar surface area (TPSA) is 67.4 Å². The summed E-state index contributed by atoms with van der Waals surface area (Å²) >= 11 is 0. The molecular formula is C13H15F3N2O3. The number of carbonyl (C=O) groups is 2. The largest absolute Gasteiger partial charge is 0.467 e. The zero-order valence-electron chi connectivity index (χ0n) is 11.7. The Labute approximate surface area is 119 Å². The van der Waals surface area contributed by atoms with Gasteiger partial charge in [-0.15, -0.1) is 0 Å². The average molecular weight is 304 g/mol. The fraction of sp³-hybridized carbons (Fsp3) is 0.385. The smallest absolute Gasteiger partial charge is 0.416 e. The van der Waals surface area contributed by atoms with Crippen molar-refractivity contribution in [1.29, 1.82) is 0 Å². The van der Waals surface area contributed by atoms with Crippen LogP contribution in [0.1, 0.15) is 19.4 Å². The minimum absolute atomic E-state index is 0.168. The van der Waals surface area contributed by atoms with Crippen molar-refractivity contribution in [2.24, 2.45) is 0 Å². The van der Waals surface area contributed by atoms with E-state index in [1.165, 1.54) is 21.0 Å². The van der Waals surface area contributed by atoms with Crippen LogP contribution < -0.4 is 10.6 Å². The highest BCUT2D eigenvalue weighted by Crippen LogP contribution is 2.29. The molecule has 0 saturated heterocycles. The van der Waals surface area contributed by atoms with Gasteiger partial charge in [0.15, 0.2) is 0 Å². The van der Waals surface area contributed by atoms with Crippen LogP contribution in [0.15, 0.2) is 24.3 Å². The maximum absolute atomic E-state index is 12.4. The van der Waals surface area contributed by atoms with Gasteiger partial charge in [0.25, 0.3) is 0 Å². The van der Waals surface area contributed by atoms with E-state index in [0.717, 1.165) is 24.3 Å². The van der Waals surface area contributed by atoms with Crippen LogP contribution >= 0.6 is 0 Å². The number of esters is 1. The fourth-order valence-electron chi connectivity index (χ4n) is 1.49. The number of nitrogens with one attached hydrogen (secondary N) is 2. The Morgan fingerprint density at radius 3 is 2.05 bits per heavy atom. The Morgan fingerprint density at radius 2 is 1.62 bits per heavy atom. The van der Waals surface area contributed by atoms with Gasteiger partial charge in [0.2, 0.25) is 0 Å². The van der Waals surface area contributed by atoms with E-state index in [4.69, 9.17) is 0 Å². The lowest BCUT2D eigenvalue weighted by Crippen LogP contribution is -2.51. The molecule has 1 aromatic rings. The first-order valence-electron chi connectivity index (χ1n) is 5.91. The number of methoxy groups -OCH3 is 1. The number of carbonyl (C=O) groups excluding carboxylic acids is 2. The lowest BCUT2D eigenvalue weighted by Gasteiger charge is -2.23. The third-order valence-electron chi connectivity index (χ3n) is 2.59. The van der Waals surface area contributed by atoms with Crippen LogP contribution in [0.4, 0.5) is 23.7 Å². The van der Waals surface area contributed by atoms with E-state index < -0.39 is 29.3 Å². The van der Waals surface area contributed by atoms with Crippen molar-refractivity contribution in [2.75, 3.05) is 12.4 Å². The van der Waals surface area contributed by atoms with Crippen LogP contribution in [0.3, 0.4) is 0 Å². The highest BCUT2D eigenvalue weighted by atomic mass is 19.4. The summed E-state index contributed by atoms with van der Waals surface area (Å²) in [4.78, 5) is 23.1. The minimum atomic E-state index is -4.44. The van der Waals surface area contributed by atoms with Crippen LogP contribution in [0.2, 0.25) is 0 Å². The van der Waals surface area contributed by atoms with E-state index in [9.17, 15) is 22.8 Å². The van der Waals surface area contributed by atoms with Crippen LogP contribution in [-0.2, 0) is 15.7 Å². The summed E-state index contributed by atoms with van der Waals surface area (Å²) in [5.74, 6) is -0.648. The Kier molecular flexibility index (Phi) is 4.82. The standard InChI is InChI=1S/C13H15F3N2O3/c1-12(2,10(19)21-3)18-11(20)17-9-6-4-8(5-7-9)13(14,15)16/h4-7H,1-3H3,(H2,17,18,20). The lowest BCUT2D eigenvalue weighted by molar-refractivity contribution is -0.146. The summed E-state index contributed by atoms with van der Waals surface area (Å²) in [6.07, 6.45) is -4.44. The quantitative estimate of drug-likeness (QED) is 0.844. The zero-order valence-corrected chi connectivity index (χ0v) is 11.7. The lowest BCUT2D eigenvalue weighted by atomic mass is 10.1. The Hall–Kier alpha value is -2.25. The molecule has 0 aliphatic carbocycles. The first kappa shape index (κ1) is 16.8. The van der Waals surface area contributed by atoms with Gasteiger partial charge in [0.05, 0.1) is 12.7 Å². The number of benzene rings is 1. The first-order chi connectivity index (χ1) is 9.56. The monoisotopic (exact) mass is 304 g/mol. The molecule has 0 aliphatic heterocycles. The second kappa shape index (κ2) is 6.02. The van der Waals surface area contributed by atoms with Gasteiger partial charge in [0, 0.05) is 5.69 Å². The Morgan fingerprint density at radius 1 is 1.10 bits per heavy atom. The van der Waals surface area contributed by atoms with Crippen LogP contribution in [0.25, 0.3) is 0 Å². The number of amides is 2. The van der Waals surface area contributed by atoms with Crippen molar-refractivity contribution in [2.45, 2.75) is 25.6 Å². The zero-order chi connectivity index (χ0) is 16.3. The second-order valence-corrected chi connectivity index (χ2v) is 4.77. The molecule has 0 fully saturated rings. The number of urea groups is 1. The maximum Gasteiger partial charge on any atom is 0.416 e. The molecule has 0 radical (unpaired) electrons. The molecule has 0 heterocycles. The molecule has 0 bridgehead atoms. The van der Waals surface area contributed by atoms with E-state index in [1.807, 2.05) is 0 Å². The van der Waals surface area contributed by atoms with Gasteiger partial charge in [0.1, 0.15) is 5.54 Å². The number of rotatable bonds is 3. The van der Waals surface area contributed by atoms with Gasteiger partial charge in [-0.25, -0.2) is 9.59 Å². The van der Waals surface area contributed by atoms with Crippen molar-refractivity contribution in [3.8, 4) is 0 Å². The van der Waals surface area contributed by atoms with E-state index in [1.54, 1.807) is 0 Å². The molecule has 0 aromatic heterocycles. The van der Waals surface area contributed by atoms with Gasteiger partial charge in [-0.05, 0) is 38.1 Å². The SMILES string of the molecule is COC(=O)C(C)(C)NC(=O)Nc1ccc(C(F)(F)F)cc1. The third kappa shape index (κ3) is 4.66. The average Bonchev–Trinajstić information content (AvgIpc) is 2.36. The Bertz CT molecular complexity index is 524. The highest BCUT2D eigenvalue weighted by molar-refractivity contribution is 5.93.